The van der Waals surface area contributed by atoms with Crippen molar-refractivity contribution in [2.45, 2.75) is 61.8 Å². The SMILES string of the molecule is Cc1ccc(S(=O)(=O)OC[C@H]2O[C@@H](OC(COCc3ccccc3)COCc3ccccc3)[C@H](O)[C@@H](O)[C@@H]2O)cc1. The Kier molecular flexibility index (Phi) is 11.4. The lowest BCUT2D eigenvalue weighted by Gasteiger charge is -2.41. The molecule has 0 aromatic heterocycles. The molecule has 0 aliphatic carbocycles. The molecule has 0 saturated carbocycles. The number of rotatable bonds is 14. The molecule has 1 fully saturated rings. The molecule has 0 unspecified atom stereocenters. The summed E-state index contributed by atoms with van der Waals surface area (Å²) in [5.41, 5.74) is 2.79. The summed E-state index contributed by atoms with van der Waals surface area (Å²) in [6.45, 7) is 1.96. The summed E-state index contributed by atoms with van der Waals surface area (Å²) in [4.78, 5) is -0.0621. The summed E-state index contributed by atoms with van der Waals surface area (Å²) in [5.74, 6) is 0. The smallest absolute Gasteiger partial charge is 0.297 e. The van der Waals surface area contributed by atoms with E-state index in [1.54, 1.807) is 12.1 Å². The molecule has 41 heavy (non-hydrogen) atoms. The van der Waals surface area contributed by atoms with Crippen molar-refractivity contribution in [2.75, 3.05) is 19.8 Å². The van der Waals surface area contributed by atoms with Crippen LogP contribution in [0.25, 0.3) is 0 Å². The van der Waals surface area contributed by atoms with Gasteiger partial charge in [-0.25, -0.2) is 0 Å². The second kappa shape index (κ2) is 15.0. The molecule has 222 valence electrons. The van der Waals surface area contributed by atoms with Crippen LogP contribution in [0.3, 0.4) is 0 Å². The summed E-state index contributed by atoms with van der Waals surface area (Å²) in [5, 5.41) is 31.6. The fraction of sp³-hybridized carbons (Fsp3) is 0.400. The normalized spacial score (nSPS) is 23.1. The molecule has 1 saturated heterocycles. The van der Waals surface area contributed by atoms with Crippen molar-refractivity contribution < 1.29 is 46.9 Å². The number of hydrogen-bond acceptors (Lipinski definition) is 10. The van der Waals surface area contributed by atoms with E-state index in [0.29, 0.717) is 13.2 Å². The van der Waals surface area contributed by atoms with Gasteiger partial charge in [-0.05, 0) is 30.2 Å². The molecule has 11 heteroatoms. The highest BCUT2D eigenvalue weighted by Gasteiger charge is 2.45. The van der Waals surface area contributed by atoms with Gasteiger partial charge < -0.3 is 34.3 Å². The van der Waals surface area contributed by atoms with E-state index in [1.165, 1.54) is 12.1 Å². The van der Waals surface area contributed by atoms with Crippen molar-refractivity contribution in [3.63, 3.8) is 0 Å². The predicted octanol–water partition coefficient (Wildman–Crippen LogP) is 2.33. The lowest BCUT2D eigenvalue weighted by atomic mass is 9.99. The largest absolute Gasteiger partial charge is 0.387 e. The average Bonchev–Trinajstić information content (AvgIpc) is 2.98. The molecule has 1 heterocycles. The first-order valence-electron chi connectivity index (χ1n) is 13.3. The zero-order valence-corrected chi connectivity index (χ0v) is 23.5. The van der Waals surface area contributed by atoms with Crippen molar-refractivity contribution in [3.05, 3.63) is 102 Å². The highest BCUT2D eigenvalue weighted by atomic mass is 32.2. The van der Waals surface area contributed by atoms with E-state index in [9.17, 15) is 23.7 Å². The molecule has 5 atom stereocenters. The first-order valence-corrected chi connectivity index (χ1v) is 14.7. The highest BCUT2D eigenvalue weighted by molar-refractivity contribution is 7.86. The Morgan fingerprint density at radius 2 is 1.29 bits per heavy atom. The van der Waals surface area contributed by atoms with Gasteiger partial charge in [0.2, 0.25) is 0 Å². The molecule has 0 radical (unpaired) electrons. The first-order chi connectivity index (χ1) is 19.7. The van der Waals surface area contributed by atoms with E-state index in [1.807, 2.05) is 67.6 Å². The van der Waals surface area contributed by atoms with E-state index in [0.717, 1.165) is 16.7 Å². The van der Waals surface area contributed by atoms with Gasteiger partial charge in [-0.1, -0.05) is 78.4 Å². The molecule has 3 aromatic rings. The van der Waals surface area contributed by atoms with Crippen LogP contribution in [0.2, 0.25) is 0 Å². The van der Waals surface area contributed by atoms with Crippen LogP contribution in [-0.4, -0.2) is 80.4 Å². The maximum atomic E-state index is 12.6. The van der Waals surface area contributed by atoms with E-state index < -0.39 is 53.5 Å². The van der Waals surface area contributed by atoms with Crippen LogP contribution < -0.4 is 0 Å². The molecule has 0 bridgehead atoms. The van der Waals surface area contributed by atoms with Crippen LogP contribution in [-0.2, 0) is 46.5 Å². The summed E-state index contributed by atoms with van der Waals surface area (Å²) in [7, 11) is -4.16. The van der Waals surface area contributed by atoms with Crippen LogP contribution >= 0.6 is 0 Å². The molecule has 0 amide bonds. The third-order valence-corrected chi connectivity index (χ3v) is 7.82. The topological polar surface area (TPSA) is 141 Å². The summed E-state index contributed by atoms with van der Waals surface area (Å²) in [6.07, 6.45) is -8.40. The monoisotopic (exact) mass is 588 g/mol. The quantitative estimate of drug-likeness (QED) is 0.240. The number of aryl methyl sites for hydroxylation is 1. The number of ether oxygens (including phenoxy) is 4. The Morgan fingerprint density at radius 3 is 1.83 bits per heavy atom. The maximum absolute atomic E-state index is 12.6. The third kappa shape index (κ3) is 9.14. The Morgan fingerprint density at radius 1 is 0.756 bits per heavy atom. The Balaban J connectivity index is 1.39. The van der Waals surface area contributed by atoms with E-state index in [2.05, 4.69) is 0 Å². The van der Waals surface area contributed by atoms with Gasteiger partial charge in [0, 0.05) is 0 Å². The number of benzene rings is 3. The van der Waals surface area contributed by atoms with Crippen molar-refractivity contribution >= 4 is 10.1 Å². The average molecular weight is 589 g/mol. The highest BCUT2D eigenvalue weighted by Crippen LogP contribution is 2.25. The molecular weight excluding hydrogens is 552 g/mol. The van der Waals surface area contributed by atoms with Gasteiger partial charge in [0.1, 0.15) is 30.5 Å². The molecule has 3 N–H and O–H groups in total. The minimum Gasteiger partial charge on any atom is -0.387 e. The van der Waals surface area contributed by atoms with E-state index >= 15 is 0 Å². The van der Waals surface area contributed by atoms with Crippen LogP contribution in [0.15, 0.2) is 89.8 Å². The molecule has 4 rings (SSSR count). The van der Waals surface area contributed by atoms with Gasteiger partial charge in [-0.15, -0.1) is 0 Å². The Labute approximate surface area is 240 Å². The standard InChI is InChI=1S/C30H36O10S/c1-21-12-14-25(15-13-21)41(34,35)38-20-26-27(31)28(32)29(33)30(40-26)39-24(18-36-16-22-8-4-2-5-9-22)19-37-17-23-10-6-3-7-11-23/h2-15,24,26-33H,16-20H2,1H3/t26-,27-,28+,29-,30-/m1/s1. The molecular formula is C30H36O10S. The van der Waals surface area contributed by atoms with E-state index in [-0.39, 0.29) is 18.1 Å². The van der Waals surface area contributed by atoms with Gasteiger partial charge in [0.25, 0.3) is 10.1 Å². The number of hydrogen-bond donors (Lipinski definition) is 3. The fourth-order valence-corrected chi connectivity index (χ4v) is 5.10. The Hall–Kier alpha value is -2.71. The number of aliphatic hydroxyl groups is 3. The van der Waals surface area contributed by atoms with Crippen molar-refractivity contribution in [2.24, 2.45) is 0 Å². The number of aliphatic hydroxyl groups excluding tert-OH is 3. The summed E-state index contributed by atoms with van der Waals surface area (Å²) in [6, 6.07) is 25.2. The summed E-state index contributed by atoms with van der Waals surface area (Å²) < 4.78 is 53.7. The van der Waals surface area contributed by atoms with Crippen molar-refractivity contribution in [1.29, 1.82) is 0 Å². The zero-order chi connectivity index (χ0) is 29.2. The third-order valence-electron chi connectivity index (χ3n) is 6.52. The van der Waals surface area contributed by atoms with Crippen LogP contribution in [0.5, 0.6) is 0 Å². The fourth-order valence-electron chi connectivity index (χ4n) is 4.18. The minimum absolute atomic E-state index is 0.0621. The molecule has 1 aliphatic heterocycles. The van der Waals surface area contributed by atoms with Gasteiger partial charge >= 0.3 is 0 Å². The van der Waals surface area contributed by atoms with Crippen LogP contribution in [0, 0.1) is 6.92 Å². The van der Waals surface area contributed by atoms with Gasteiger partial charge in [0.05, 0.1) is 37.9 Å². The van der Waals surface area contributed by atoms with Crippen LogP contribution in [0.1, 0.15) is 16.7 Å². The minimum atomic E-state index is -4.16. The second-order valence-electron chi connectivity index (χ2n) is 9.83. The lowest BCUT2D eigenvalue weighted by Crippen LogP contribution is -2.60. The van der Waals surface area contributed by atoms with Gasteiger partial charge in [-0.3, -0.25) is 4.18 Å². The van der Waals surface area contributed by atoms with Crippen molar-refractivity contribution in [1.82, 2.24) is 0 Å². The molecule has 0 spiro atoms. The lowest BCUT2D eigenvalue weighted by molar-refractivity contribution is -0.315. The first kappa shape index (κ1) is 31.2. The predicted molar refractivity (Wildman–Crippen MR) is 148 cm³/mol. The molecule has 3 aromatic carbocycles. The van der Waals surface area contributed by atoms with Crippen molar-refractivity contribution in [3.8, 4) is 0 Å². The molecule has 10 nitrogen and oxygen atoms in total. The summed E-state index contributed by atoms with van der Waals surface area (Å²) >= 11 is 0. The van der Waals surface area contributed by atoms with Gasteiger partial charge in [0.15, 0.2) is 6.29 Å². The maximum Gasteiger partial charge on any atom is 0.297 e. The van der Waals surface area contributed by atoms with Crippen LogP contribution in [0.4, 0.5) is 0 Å². The second-order valence-corrected chi connectivity index (χ2v) is 11.4. The Bertz CT molecular complexity index is 1240. The van der Waals surface area contributed by atoms with E-state index in [4.69, 9.17) is 23.1 Å². The zero-order valence-electron chi connectivity index (χ0n) is 22.7. The van der Waals surface area contributed by atoms with Gasteiger partial charge in [-0.2, -0.15) is 8.42 Å². The molecule has 1 aliphatic rings.